The van der Waals surface area contributed by atoms with E-state index in [1.165, 1.54) is 7.11 Å². The number of carbonyl (C=O) groups excluding carboxylic acids is 1. The first-order valence-electron chi connectivity index (χ1n) is 9.50. The molecule has 1 saturated heterocycles. The lowest BCUT2D eigenvalue weighted by molar-refractivity contribution is -0.145. The van der Waals surface area contributed by atoms with Crippen molar-refractivity contribution in [2.45, 2.75) is 12.3 Å². The van der Waals surface area contributed by atoms with Crippen molar-refractivity contribution < 1.29 is 23.7 Å². The minimum absolute atomic E-state index is 0.0575. The molecule has 0 spiro atoms. The highest BCUT2D eigenvalue weighted by atomic mass is 16.5. The molecule has 6 heteroatoms. The SMILES string of the molecule is COC(=O)C1CNCC1c1ccc(OC)c(OCCCOc2ccccc2)c1. The van der Waals surface area contributed by atoms with Crippen LogP contribution in [0.15, 0.2) is 48.5 Å². The van der Waals surface area contributed by atoms with Gasteiger partial charge < -0.3 is 24.3 Å². The van der Waals surface area contributed by atoms with Crippen molar-refractivity contribution in [1.82, 2.24) is 5.32 Å². The first-order chi connectivity index (χ1) is 13.7. The second-order valence-electron chi connectivity index (χ2n) is 6.67. The molecule has 28 heavy (non-hydrogen) atoms. The fraction of sp³-hybridized carbons (Fsp3) is 0.409. The van der Waals surface area contributed by atoms with E-state index in [4.69, 9.17) is 18.9 Å². The molecule has 0 aromatic heterocycles. The maximum atomic E-state index is 12.0. The first-order valence-corrected chi connectivity index (χ1v) is 9.50. The van der Waals surface area contributed by atoms with E-state index in [9.17, 15) is 4.79 Å². The Kier molecular flexibility index (Phi) is 7.14. The molecule has 150 valence electrons. The molecule has 0 aliphatic carbocycles. The quantitative estimate of drug-likeness (QED) is 0.529. The third kappa shape index (κ3) is 4.95. The molecule has 1 fully saturated rings. The molecule has 1 aliphatic rings. The third-order valence-electron chi connectivity index (χ3n) is 4.89. The first kappa shape index (κ1) is 20.0. The zero-order chi connectivity index (χ0) is 19.8. The largest absolute Gasteiger partial charge is 0.493 e. The van der Waals surface area contributed by atoms with Crippen LogP contribution in [-0.2, 0) is 9.53 Å². The molecular weight excluding hydrogens is 358 g/mol. The molecule has 1 heterocycles. The zero-order valence-electron chi connectivity index (χ0n) is 16.4. The van der Waals surface area contributed by atoms with Crippen molar-refractivity contribution in [2.24, 2.45) is 5.92 Å². The fourth-order valence-electron chi connectivity index (χ4n) is 3.41. The minimum atomic E-state index is -0.189. The van der Waals surface area contributed by atoms with Gasteiger partial charge >= 0.3 is 5.97 Å². The smallest absolute Gasteiger partial charge is 0.310 e. The maximum Gasteiger partial charge on any atom is 0.310 e. The maximum absolute atomic E-state index is 12.0. The number of rotatable bonds is 9. The summed E-state index contributed by atoms with van der Waals surface area (Å²) >= 11 is 0. The Balaban J connectivity index is 1.59. The number of hydrogen-bond donors (Lipinski definition) is 1. The Morgan fingerprint density at radius 1 is 1.00 bits per heavy atom. The van der Waals surface area contributed by atoms with Gasteiger partial charge in [-0.15, -0.1) is 0 Å². The molecule has 0 radical (unpaired) electrons. The van der Waals surface area contributed by atoms with E-state index in [1.807, 2.05) is 48.5 Å². The van der Waals surface area contributed by atoms with Crippen molar-refractivity contribution in [3.05, 3.63) is 54.1 Å². The fourth-order valence-corrected chi connectivity index (χ4v) is 3.41. The van der Waals surface area contributed by atoms with Gasteiger partial charge in [0.1, 0.15) is 5.75 Å². The Bertz CT molecular complexity index is 765. The molecule has 3 rings (SSSR count). The summed E-state index contributed by atoms with van der Waals surface area (Å²) in [6, 6.07) is 15.5. The van der Waals surface area contributed by atoms with Gasteiger partial charge in [0.15, 0.2) is 11.5 Å². The van der Waals surface area contributed by atoms with Crippen molar-refractivity contribution in [3.8, 4) is 17.2 Å². The van der Waals surface area contributed by atoms with Crippen LogP contribution in [0.5, 0.6) is 17.2 Å². The lowest BCUT2D eigenvalue weighted by atomic mass is 9.89. The van der Waals surface area contributed by atoms with Crippen LogP contribution in [0.25, 0.3) is 0 Å². The predicted octanol–water partition coefficient (Wildman–Crippen LogP) is 3.02. The topological polar surface area (TPSA) is 66.0 Å². The lowest BCUT2D eigenvalue weighted by Crippen LogP contribution is -2.23. The molecule has 6 nitrogen and oxygen atoms in total. The molecule has 1 N–H and O–H groups in total. The van der Waals surface area contributed by atoms with Crippen LogP contribution in [0.1, 0.15) is 17.9 Å². The lowest BCUT2D eigenvalue weighted by Gasteiger charge is -2.19. The molecule has 0 amide bonds. The number of methoxy groups -OCH3 is 2. The third-order valence-corrected chi connectivity index (χ3v) is 4.89. The van der Waals surface area contributed by atoms with E-state index in [0.717, 1.165) is 24.3 Å². The molecular formula is C22H27NO5. The normalized spacial score (nSPS) is 18.5. The summed E-state index contributed by atoms with van der Waals surface area (Å²) in [6.45, 7) is 2.44. The van der Waals surface area contributed by atoms with Gasteiger partial charge in [-0.3, -0.25) is 4.79 Å². The Hall–Kier alpha value is -2.73. The second-order valence-corrected chi connectivity index (χ2v) is 6.67. The number of benzene rings is 2. The van der Waals surface area contributed by atoms with Crippen LogP contribution in [0, 0.1) is 5.92 Å². The van der Waals surface area contributed by atoms with Gasteiger partial charge in [0, 0.05) is 25.4 Å². The summed E-state index contributed by atoms with van der Waals surface area (Å²) in [5.41, 5.74) is 1.04. The number of hydrogen-bond acceptors (Lipinski definition) is 6. The van der Waals surface area contributed by atoms with Gasteiger partial charge in [-0.05, 0) is 29.8 Å². The molecule has 2 aromatic carbocycles. The number of esters is 1. The van der Waals surface area contributed by atoms with Gasteiger partial charge in [0.2, 0.25) is 0 Å². The van der Waals surface area contributed by atoms with Gasteiger partial charge in [-0.25, -0.2) is 0 Å². The molecule has 0 bridgehead atoms. The van der Waals surface area contributed by atoms with Gasteiger partial charge in [0.25, 0.3) is 0 Å². The van der Waals surface area contributed by atoms with E-state index in [1.54, 1.807) is 7.11 Å². The Morgan fingerprint density at radius 2 is 1.79 bits per heavy atom. The zero-order valence-corrected chi connectivity index (χ0v) is 16.4. The minimum Gasteiger partial charge on any atom is -0.493 e. The molecule has 2 unspecified atom stereocenters. The monoisotopic (exact) mass is 385 g/mol. The van der Waals surface area contributed by atoms with E-state index >= 15 is 0 Å². The summed E-state index contributed by atoms with van der Waals surface area (Å²) < 4.78 is 22.0. The summed E-state index contributed by atoms with van der Waals surface area (Å²) in [5, 5.41) is 3.27. The Morgan fingerprint density at radius 3 is 2.54 bits per heavy atom. The van der Waals surface area contributed by atoms with Crippen LogP contribution in [0.2, 0.25) is 0 Å². The predicted molar refractivity (Wildman–Crippen MR) is 106 cm³/mol. The highest BCUT2D eigenvalue weighted by Gasteiger charge is 2.35. The van der Waals surface area contributed by atoms with Gasteiger partial charge in [-0.2, -0.15) is 0 Å². The van der Waals surface area contributed by atoms with Crippen molar-refractivity contribution in [3.63, 3.8) is 0 Å². The highest BCUT2D eigenvalue weighted by Crippen LogP contribution is 2.35. The van der Waals surface area contributed by atoms with Crippen LogP contribution < -0.4 is 19.5 Å². The van der Waals surface area contributed by atoms with Crippen LogP contribution >= 0.6 is 0 Å². The number of carbonyl (C=O) groups is 1. The standard InChI is InChI=1S/C22H27NO5/c1-25-20-10-9-16(18-14-23-15-19(18)22(24)26-2)13-21(20)28-12-6-11-27-17-7-4-3-5-8-17/h3-5,7-10,13,18-19,23H,6,11-12,14-15H2,1-2H3. The summed E-state index contributed by atoms with van der Waals surface area (Å²) in [5.74, 6) is 1.88. The molecule has 1 aliphatic heterocycles. The van der Waals surface area contributed by atoms with Crippen LogP contribution in [0.4, 0.5) is 0 Å². The van der Waals surface area contributed by atoms with Gasteiger partial charge in [-0.1, -0.05) is 24.3 Å². The molecule has 2 atom stereocenters. The van der Waals surface area contributed by atoms with Crippen molar-refractivity contribution >= 4 is 5.97 Å². The highest BCUT2D eigenvalue weighted by molar-refractivity contribution is 5.74. The van der Waals surface area contributed by atoms with Crippen molar-refractivity contribution in [1.29, 1.82) is 0 Å². The summed E-state index contributed by atoms with van der Waals surface area (Å²) in [6.07, 6.45) is 0.748. The van der Waals surface area contributed by atoms with Gasteiger partial charge in [0.05, 0.1) is 33.4 Å². The van der Waals surface area contributed by atoms with E-state index in [0.29, 0.717) is 31.3 Å². The number of nitrogens with one attached hydrogen (secondary N) is 1. The van der Waals surface area contributed by atoms with Crippen LogP contribution in [-0.4, -0.2) is 46.5 Å². The Labute approximate surface area is 165 Å². The number of para-hydroxylation sites is 1. The summed E-state index contributed by atoms with van der Waals surface area (Å²) in [4.78, 5) is 12.0. The van der Waals surface area contributed by atoms with Crippen molar-refractivity contribution in [2.75, 3.05) is 40.5 Å². The van der Waals surface area contributed by atoms with E-state index < -0.39 is 0 Å². The second kappa shape index (κ2) is 9.99. The van der Waals surface area contributed by atoms with Crippen LogP contribution in [0.3, 0.4) is 0 Å². The van der Waals surface area contributed by atoms with E-state index in [2.05, 4.69) is 5.32 Å². The van der Waals surface area contributed by atoms with E-state index in [-0.39, 0.29) is 17.8 Å². The molecule has 0 saturated carbocycles. The average molecular weight is 385 g/mol. The number of ether oxygens (including phenoxy) is 4. The summed E-state index contributed by atoms with van der Waals surface area (Å²) in [7, 11) is 3.05. The average Bonchev–Trinajstić information content (AvgIpc) is 3.23. The molecule has 2 aromatic rings.